The summed E-state index contributed by atoms with van der Waals surface area (Å²) in [7, 11) is 0. The van der Waals surface area contributed by atoms with Gasteiger partial charge in [-0.05, 0) is 52.3 Å². The van der Waals surface area contributed by atoms with Crippen LogP contribution in [0, 0.1) is 0 Å². The Morgan fingerprint density at radius 1 is 1.19 bits per heavy atom. The average molecular weight is 292 g/mol. The highest BCUT2D eigenvalue weighted by atomic mass is 16.5. The summed E-state index contributed by atoms with van der Waals surface area (Å²) in [5.74, 6) is 0.730. The Hall–Kier alpha value is -1.74. The van der Waals surface area contributed by atoms with Crippen LogP contribution in [0.2, 0.25) is 0 Å². The van der Waals surface area contributed by atoms with Crippen molar-refractivity contribution >= 4 is 6.08 Å². The molecule has 0 aliphatic carbocycles. The Bertz CT molecular complexity index is 444. The van der Waals surface area contributed by atoms with Gasteiger partial charge in [-0.15, -0.1) is 0 Å². The first-order valence-electron chi connectivity index (χ1n) is 7.34. The fraction of sp³-hybridized carbons (Fsp3) is 0.444. The van der Waals surface area contributed by atoms with Gasteiger partial charge in [-0.2, -0.15) is 0 Å². The average Bonchev–Trinajstić information content (AvgIpc) is 2.43. The maximum atomic E-state index is 9.49. The van der Waals surface area contributed by atoms with Gasteiger partial charge in [0, 0.05) is 6.61 Å². The zero-order chi connectivity index (χ0) is 16.1. The van der Waals surface area contributed by atoms with Crippen LogP contribution < -0.4 is 4.74 Å². The van der Waals surface area contributed by atoms with E-state index in [-0.39, 0.29) is 5.75 Å². The molecule has 0 radical (unpaired) electrons. The van der Waals surface area contributed by atoms with Crippen molar-refractivity contribution < 1.29 is 14.6 Å². The van der Waals surface area contributed by atoms with Crippen molar-refractivity contribution in [2.24, 2.45) is 0 Å². The minimum absolute atomic E-state index is 0.192. The van der Waals surface area contributed by atoms with E-state index >= 15 is 0 Å². The molecule has 0 spiro atoms. The van der Waals surface area contributed by atoms with Crippen LogP contribution in [0.5, 0.6) is 11.5 Å². The number of hydrogen-bond acceptors (Lipinski definition) is 3. The maximum absolute atomic E-state index is 9.49. The highest BCUT2D eigenvalue weighted by Gasteiger charge is 2.00. The molecule has 0 fully saturated rings. The molecule has 0 unspecified atom stereocenters. The fourth-order valence-electron chi connectivity index (χ4n) is 1.45. The van der Waals surface area contributed by atoms with Gasteiger partial charge >= 0.3 is 0 Å². The third-order valence-corrected chi connectivity index (χ3v) is 2.46. The minimum Gasteiger partial charge on any atom is -0.504 e. The van der Waals surface area contributed by atoms with Crippen LogP contribution in [-0.4, -0.2) is 24.9 Å². The summed E-state index contributed by atoms with van der Waals surface area (Å²) in [4.78, 5) is 0. The van der Waals surface area contributed by atoms with E-state index in [1.54, 1.807) is 12.1 Å². The second-order valence-corrected chi connectivity index (χ2v) is 4.60. The first kappa shape index (κ1) is 19.3. The summed E-state index contributed by atoms with van der Waals surface area (Å²) in [6, 6.07) is 5.36. The molecular formula is C18H28O3. The lowest BCUT2D eigenvalue weighted by atomic mass is 10.2. The molecule has 0 saturated carbocycles. The van der Waals surface area contributed by atoms with Crippen molar-refractivity contribution in [1.29, 1.82) is 0 Å². The molecule has 0 heterocycles. The number of ether oxygens (including phenoxy) is 2. The van der Waals surface area contributed by atoms with E-state index in [1.807, 2.05) is 39.0 Å². The summed E-state index contributed by atoms with van der Waals surface area (Å²) in [5, 5.41) is 9.49. The molecule has 0 aliphatic rings. The van der Waals surface area contributed by atoms with Crippen molar-refractivity contribution in [1.82, 2.24) is 0 Å². The second-order valence-electron chi connectivity index (χ2n) is 4.60. The quantitative estimate of drug-likeness (QED) is 0.604. The number of phenols is 1. The van der Waals surface area contributed by atoms with E-state index in [2.05, 4.69) is 19.9 Å². The van der Waals surface area contributed by atoms with Crippen LogP contribution in [0.3, 0.4) is 0 Å². The predicted octanol–water partition coefficient (Wildman–Crippen LogP) is 4.81. The Morgan fingerprint density at radius 2 is 1.90 bits per heavy atom. The number of phenolic OH excluding ortho intramolecular Hbond substituents is 1. The summed E-state index contributed by atoms with van der Waals surface area (Å²) < 4.78 is 10.3. The third-order valence-electron chi connectivity index (χ3n) is 2.46. The Morgan fingerprint density at radius 3 is 2.38 bits per heavy atom. The first-order valence-corrected chi connectivity index (χ1v) is 7.34. The predicted molar refractivity (Wildman–Crippen MR) is 89.9 cm³/mol. The molecule has 0 aromatic heterocycles. The molecule has 1 N–H and O–H groups in total. The largest absolute Gasteiger partial charge is 0.504 e. The Balaban J connectivity index is 0.000000433. The second kappa shape index (κ2) is 12.0. The van der Waals surface area contributed by atoms with Gasteiger partial charge in [0.05, 0.1) is 13.2 Å². The van der Waals surface area contributed by atoms with Crippen molar-refractivity contribution in [3.05, 3.63) is 41.5 Å². The van der Waals surface area contributed by atoms with Gasteiger partial charge in [-0.3, -0.25) is 0 Å². The molecule has 0 atom stereocenters. The molecule has 0 bridgehead atoms. The van der Waals surface area contributed by atoms with Gasteiger partial charge in [0.25, 0.3) is 0 Å². The molecule has 1 aromatic rings. The zero-order valence-corrected chi connectivity index (χ0v) is 13.8. The Kier molecular flexibility index (Phi) is 11.0. The lowest BCUT2D eigenvalue weighted by Crippen LogP contribution is -1.91. The molecular weight excluding hydrogens is 264 g/mol. The SMILES string of the molecule is CC=Cc1ccc(OCC)c(O)c1.CCOCC=C(C)C. The summed E-state index contributed by atoms with van der Waals surface area (Å²) in [6.07, 6.45) is 5.92. The Labute approximate surface area is 128 Å². The lowest BCUT2D eigenvalue weighted by molar-refractivity contribution is 0.177. The minimum atomic E-state index is 0.192. The lowest BCUT2D eigenvalue weighted by Gasteiger charge is -2.05. The van der Waals surface area contributed by atoms with Crippen molar-refractivity contribution in [3.63, 3.8) is 0 Å². The van der Waals surface area contributed by atoms with Gasteiger partial charge in [0.2, 0.25) is 0 Å². The van der Waals surface area contributed by atoms with Crippen LogP contribution in [-0.2, 0) is 4.74 Å². The molecule has 1 aromatic carbocycles. The van der Waals surface area contributed by atoms with E-state index in [4.69, 9.17) is 9.47 Å². The number of allylic oxidation sites excluding steroid dienone is 2. The normalized spacial score (nSPS) is 9.95. The van der Waals surface area contributed by atoms with Gasteiger partial charge in [-0.25, -0.2) is 0 Å². The number of hydrogen-bond donors (Lipinski definition) is 1. The van der Waals surface area contributed by atoms with Crippen LogP contribution in [0.1, 0.15) is 40.2 Å². The van der Waals surface area contributed by atoms with Crippen LogP contribution in [0.15, 0.2) is 35.9 Å². The van der Waals surface area contributed by atoms with E-state index in [0.717, 1.165) is 18.8 Å². The van der Waals surface area contributed by atoms with E-state index < -0.39 is 0 Å². The molecule has 3 nitrogen and oxygen atoms in total. The van der Waals surface area contributed by atoms with Gasteiger partial charge in [0.1, 0.15) is 0 Å². The maximum Gasteiger partial charge on any atom is 0.160 e. The molecule has 0 saturated heterocycles. The number of aromatic hydroxyl groups is 1. The topological polar surface area (TPSA) is 38.7 Å². The molecule has 118 valence electrons. The molecule has 0 amide bonds. The van der Waals surface area contributed by atoms with Gasteiger partial charge < -0.3 is 14.6 Å². The van der Waals surface area contributed by atoms with Gasteiger partial charge in [-0.1, -0.05) is 29.9 Å². The van der Waals surface area contributed by atoms with Crippen molar-refractivity contribution in [3.8, 4) is 11.5 Å². The van der Waals surface area contributed by atoms with E-state index in [1.165, 1.54) is 5.57 Å². The summed E-state index contributed by atoms with van der Waals surface area (Å²) in [5.41, 5.74) is 2.29. The standard InChI is InChI=1S/C11H14O2.C7H14O/c1-3-5-9-6-7-11(13-4-2)10(12)8-9;1-4-8-6-5-7(2)3/h3,5-8,12H,4H2,1-2H3;5H,4,6H2,1-3H3. The summed E-state index contributed by atoms with van der Waals surface area (Å²) >= 11 is 0. The third kappa shape index (κ3) is 9.74. The van der Waals surface area contributed by atoms with E-state index in [9.17, 15) is 5.11 Å². The highest BCUT2D eigenvalue weighted by molar-refractivity contribution is 5.55. The van der Waals surface area contributed by atoms with Crippen molar-refractivity contribution in [2.75, 3.05) is 19.8 Å². The van der Waals surface area contributed by atoms with Crippen LogP contribution in [0.4, 0.5) is 0 Å². The number of rotatable bonds is 6. The fourth-order valence-corrected chi connectivity index (χ4v) is 1.45. The van der Waals surface area contributed by atoms with E-state index in [0.29, 0.717) is 12.4 Å². The first-order chi connectivity index (χ1) is 10.0. The molecule has 1 rings (SSSR count). The highest BCUT2D eigenvalue weighted by Crippen LogP contribution is 2.27. The number of benzene rings is 1. The smallest absolute Gasteiger partial charge is 0.160 e. The molecule has 3 heteroatoms. The zero-order valence-electron chi connectivity index (χ0n) is 13.8. The summed E-state index contributed by atoms with van der Waals surface area (Å²) in [6.45, 7) is 12.1. The monoisotopic (exact) mass is 292 g/mol. The van der Waals surface area contributed by atoms with Crippen LogP contribution >= 0.6 is 0 Å². The molecule has 0 aliphatic heterocycles. The van der Waals surface area contributed by atoms with Crippen molar-refractivity contribution in [2.45, 2.75) is 34.6 Å². The molecule has 21 heavy (non-hydrogen) atoms. The van der Waals surface area contributed by atoms with Gasteiger partial charge in [0.15, 0.2) is 11.5 Å². The van der Waals surface area contributed by atoms with Crippen LogP contribution in [0.25, 0.3) is 6.08 Å².